The molecule has 0 N–H and O–H groups in total. The Morgan fingerprint density at radius 1 is 1.64 bits per heavy atom. The number of hydrogen-bond donors (Lipinski definition) is 0. The topological polar surface area (TPSA) is 53.8 Å². The molecule has 72 valence electrons. The second kappa shape index (κ2) is 4.24. The van der Waals surface area contributed by atoms with Crippen LogP contribution in [0.5, 0.6) is 0 Å². The van der Waals surface area contributed by atoms with Gasteiger partial charge in [-0.05, 0) is 22.0 Å². The van der Waals surface area contributed by atoms with Crippen LogP contribution in [0.2, 0.25) is 0 Å². The normalized spacial score (nSPS) is 9.93. The van der Waals surface area contributed by atoms with E-state index in [2.05, 4.69) is 20.9 Å². The Balaban J connectivity index is 3.40. The van der Waals surface area contributed by atoms with Crippen molar-refractivity contribution in [2.24, 2.45) is 0 Å². The van der Waals surface area contributed by atoms with Gasteiger partial charge in [-0.15, -0.1) is 0 Å². The Bertz CT molecular complexity index is 415. The molecular weight excluding hydrogens is 258 g/mol. The molecule has 0 aliphatic rings. The number of aldehydes is 1. The minimum atomic E-state index is -2.78. The maximum absolute atomic E-state index is 12.3. The number of carbonyl (C=O) groups is 1. The summed E-state index contributed by atoms with van der Waals surface area (Å²) >= 11 is 2.90. The molecule has 1 aromatic heterocycles. The van der Waals surface area contributed by atoms with Gasteiger partial charge in [0.25, 0.3) is 6.43 Å². The smallest absolute Gasteiger partial charge is 0.266 e. The van der Waals surface area contributed by atoms with Gasteiger partial charge in [-0.1, -0.05) is 0 Å². The summed E-state index contributed by atoms with van der Waals surface area (Å²) in [7, 11) is 0. The van der Waals surface area contributed by atoms with Crippen molar-refractivity contribution in [1.29, 1.82) is 5.26 Å². The molecule has 14 heavy (non-hydrogen) atoms. The molecule has 0 amide bonds. The molecule has 0 bridgehead atoms. The summed E-state index contributed by atoms with van der Waals surface area (Å²) in [6.45, 7) is 0. The molecule has 0 aliphatic heterocycles. The Hall–Kier alpha value is -1.35. The van der Waals surface area contributed by atoms with E-state index in [9.17, 15) is 13.6 Å². The molecule has 1 rings (SSSR count). The van der Waals surface area contributed by atoms with Crippen LogP contribution >= 0.6 is 15.9 Å². The standard InChI is InChI=1S/C8H3BrF2N2O/c9-5-1-4(8(10)11)6(2-12)13-7(5)3-14/h1,3,8H. The van der Waals surface area contributed by atoms with Crippen molar-refractivity contribution in [1.82, 2.24) is 4.98 Å². The Labute approximate surface area is 86.5 Å². The van der Waals surface area contributed by atoms with Gasteiger partial charge in [-0.25, -0.2) is 13.8 Å². The van der Waals surface area contributed by atoms with Gasteiger partial charge in [0, 0.05) is 4.47 Å². The van der Waals surface area contributed by atoms with Crippen molar-refractivity contribution in [3.8, 4) is 6.07 Å². The number of pyridine rings is 1. The summed E-state index contributed by atoms with van der Waals surface area (Å²) in [6, 6.07) is 2.54. The van der Waals surface area contributed by atoms with Crippen LogP contribution in [-0.4, -0.2) is 11.3 Å². The third kappa shape index (κ3) is 1.93. The third-order valence-corrected chi connectivity index (χ3v) is 2.12. The van der Waals surface area contributed by atoms with E-state index in [1.165, 1.54) is 6.07 Å². The molecular formula is C8H3BrF2N2O. The summed E-state index contributed by atoms with van der Waals surface area (Å²) in [6.07, 6.45) is -2.39. The summed E-state index contributed by atoms with van der Waals surface area (Å²) in [4.78, 5) is 13.9. The number of aromatic nitrogens is 1. The molecule has 6 heteroatoms. The lowest BCUT2D eigenvalue weighted by Gasteiger charge is -2.03. The summed E-state index contributed by atoms with van der Waals surface area (Å²) in [5, 5.41) is 8.50. The number of hydrogen-bond acceptors (Lipinski definition) is 3. The van der Waals surface area contributed by atoms with Crippen LogP contribution in [0.4, 0.5) is 8.78 Å². The molecule has 0 fully saturated rings. The minimum absolute atomic E-state index is 0.0639. The van der Waals surface area contributed by atoms with Crippen molar-refractivity contribution in [2.45, 2.75) is 6.43 Å². The largest absolute Gasteiger partial charge is 0.296 e. The Kier molecular flexibility index (Phi) is 3.25. The minimum Gasteiger partial charge on any atom is -0.296 e. The summed E-state index contributed by atoms with van der Waals surface area (Å²) < 4.78 is 24.8. The SMILES string of the molecule is N#Cc1nc(C=O)c(Br)cc1C(F)F. The lowest BCUT2D eigenvalue weighted by Crippen LogP contribution is -1.99. The zero-order valence-electron chi connectivity index (χ0n) is 6.67. The van der Waals surface area contributed by atoms with Gasteiger partial charge in [0.05, 0.1) is 5.56 Å². The van der Waals surface area contributed by atoms with Crippen LogP contribution in [-0.2, 0) is 0 Å². The maximum Gasteiger partial charge on any atom is 0.266 e. The van der Waals surface area contributed by atoms with Crippen LogP contribution < -0.4 is 0 Å². The highest BCUT2D eigenvalue weighted by molar-refractivity contribution is 9.10. The van der Waals surface area contributed by atoms with Gasteiger partial charge in [0.1, 0.15) is 17.5 Å². The van der Waals surface area contributed by atoms with E-state index >= 15 is 0 Å². The van der Waals surface area contributed by atoms with Crippen molar-refractivity contribution in [3.05, 3.63) is 27.5 Å². The van der Waals surface area contributed by atoms with E-state index in [4.69, 9.17) is 5.26 Å². The molecule has 0 spiro atoms. The van der Waals surface area contributed by atoms with Gasteiger partial charge in [0.15, 0.2) is 6.29 Å². The molecule has 1 heterocycles. The fourth-order valence-electron chi connectivity index (χ4n) is 0.856. The maximum atomic E-state index is 12.3. The number of alkyl halides is 2. The molecule has 0 aliphatic carbocycles. The average molecular weight is 261 g/mol. The van der Waals surface area contributed by atoms with Gasteiger partial charge in [-0.2, -0.15) is 5.26 Å². The average Bonchev–Trinajstić information content (AvgIpc) is 2.17. The van der Waals surface area contributed by atoms with Crippen LogP contribution in [0, 0.1) is 11.3 Å². The van der Waals surface area contributed by atoms with Gasteiger partial charge >= 0.3 is 0 Å². The number of halogens is 3. The fourth-order valence-corrected chi connectivity index (χ4v) is 1.28. The monoisotopic (exact) mass is 260 g/mol. The summed E-state index contributed by atoms with van der Waals surface area (Å²) in [5.41, 5.74) is -0.971. The van der Waals surface area contributed by atoms with E-state index in [1.54, 1.807) is 0 Å². The van der Waals surface area contributed by atoms with Crippen LogP contribution in [0.15, 0.2) is 10.5 Å². The number of rotatable bonds is 2. The van der Waals surface area contributed by atoms with Gasteiger partial charge < -0.3 is 0 Å². The number of nitrogens with zero attached hydrogens (tertiary/aromatic N) is 2. The lowest BCUT2D eigenvalue weighted by molar-refractivity contribution is 0.111. The van der Waals surface area contributed by atoms with Crippen molar-refractivity contribution >= 4 is 22.2 Å². The van der Waals surface area contributed by atoms with Crippen LogP contribution in [0.1, 0.15) is 28.2 Å². The molecule has 0 aromatic carbocycles. The molecule has 0 saturated heterocycles. The Morgan fingerprint density at radius 2 is 2.29 bits per heavy atom. The first-order valence-corrected chi connectivity index (χ1v) is 4.23. The fraction of sp³-hybridized carbons (Fsp3) is 0.125. The highest BCUT2D eigenvalue weighted by atomic mass is 79.9. The van der Waals surface area contributed by atoms with Gasteiger partial charge in [-0.3, -0.25) is 4.79 Å². The first-order chi connectivity index (χ1) is 6.60. The zero-order chi connectivity index (χ0) is 10.7. The predicted molar refractivity (Wildman–Crippen MR) is 47.0 cm³/mol. The van der Waals surface area contributed by atoms with Crippen LogP contribution in [0.3, 0.4) is 0 Å². The van der Waals surface area contributed by atoms with E-state index in [0.717, 1.165) is 6.07 Å². The second-order valence-electron chi connectivity index (χ2n) is 2.32. The third-order valence-electron chi connectivity index (χ3n) is 1.49. The van der Waals surface area contributed by atoms with Gasteiger partial charge in [0.2, 0.25) is 0 Å². The highest BCUT2D eigenvalue weighted by Crippen LogP contribution is 2.25. The lowest BCUT2D eigenvalue weighted by atomic mass is 10.2. The predicted octanol–water partition coefficient (Wildman–Crippen LogP) is 2.47. The van der Waals surface area contributed by atoms with E-state index in [-0.39, 0.29) is 10.2 Å². The quantitative estimate of drug-likeness (QED) is 0.768. The molecule has 0 unspecified atom stereocenters. The van der Waals surface area contributed by atoms with E-state index in [0.29, 0.717) is 6.29 Å². The van der Waals surface area contributed by atoms with Crippen molar-refractivity contribution in [3.63, 3.8) is 0 Å². The van der Waals surface area contributed by atoms with Crippen molar-refractivity contribution in [2.75, 3.05) is 0 Å². The molecule has 1 aromatic rings. The van der Waals surface area contributed by atoms with Crippen LogP contribution in [0.25, 0.3) is 0 Å². The highest BCUT2D eigenvalue weighted by Gasteiger charge is 2.17. The Morgan fingerprint density at radius 3 is 2.71 bits per heavy atom. The number of nitriles is 1. The van der Waals surface area contributed by atoms with Crippen molar-refractivity contribution < 1.29 is 13.6 Å². The molecule has 0 radical (unpaired) electrons. The second-order valence-corrected chi connectivity index (χ2v) is 3.18. The van der Waals surface area contributed by atoms with E-state index < -0.39 is 17.7 Å². The number of carbonyl (C=O) groups excluding carboxylic acids is 1. The first kappa shape index (κ1) is 10.7. The summed E-state index contributed by atoms with van der Waals surface area (Å²) in [5.74, 6) is 0. The molecule has 3 nitrogen and oxygen atoms in total. The van der Waals surface area contributed by atoms with E-state index in [1.807, 2.05) is 0 Å². The first-order valence-electron chi connectivity index (χ1n) is 3.44. The zero-order valence-corrected chi connectivity index (χ0v) is 8.25. The molecule has 0 saturated carbocycles. The molecule has 0 atom stereocenters.